The van der Waals surface area contributed by atoms with E-state index in [1.54, 1.807) is 0 Å². The fourth-order valence-corrected chi connectivity index (χ4v) is 2.14. The maximum atomic E-state index is 11.4. The Hall–Kier alpha value is -0.570. The predicted molar refractivity (Wildman–Crippen MR) is 58.1 cm³/mol. The van der Waals surface area contributed by atoms with Gasteiger partial charge in [-0.05, 0) is 32.7 Å². The average Bonchev–Trinajstić information content (AvgIpc) is 2.67. The molecule has 3 heteroatoms. The first-order valence-electron chi connectivity index (χ1n) is 5.68. The molecule has 1 rings (SSSR count). The van der Waals surface area contributed by atoms with Gasteiger partial charge in [0.15, 0.2) is 0 Å². The van der Waals surface area contributed by atoms with Gasteiger partial charge in [0.25, 0.3) is 0 Å². The molecule has 1 amide bonds. The fraction of sp³-hybridized carbons (Fsp3) is 0.909. The van der Waals surface area contributed by atoms with E-state index >= 15 is 0 Å². The smallest absolute Gasteiger partial charge is 0.221 e. The summed E-state index contributed by atoms with van der Waals surface area (Å²) in [5.41, 5.74) is 0. The van der Waals surface area contributed by atoms with Crippen LogP contribution in [0.15, 0.2) is 0 Å². The second-order valence-electron chi connectivity index (χ2n) is 4.25. The lowest BCUT2D eigenvalue weighted by molar-refractivity contribution is -0.121. The van der Waals surface area contributed by atoms with Crippen LogP contribution in [0.3, 0.4) is 0 Å². The van der Waals surface area contributed by atoms with Crippen molar-refractivity contribution in [3.8, 4) is 0 Å². The molecule has 0 aromatic heterocycles. The average molecular weight is 198 g/mol. The molecule has 2 N–H and O–H groups in total. The summed E-state index contributed by atoms with van der Waals surface area (Å²) in [6.45, 7) is 2.90. The highest BCUT2D eigenvalue weighted by Gasteiger charge is 2.22. The van der Waals surface area contributed by atoms with Crippen molar-refractivity contribution in [3.05, 3.63) is 0 Å². The van der Waals surface area contributed by atoms with Crippen LogP contribution in [0.2, 0.25) is 0 Å². The zero-order valence-corrected chi connectivity index (χ0v) is 9.31. The number of carbonyl (C=O) groups excluding carboxylic acids is 1. The van der Waals surface area contributed by atoms with Crippen LogP contribution in [-0.4, -0.2) is 25.5 Å². The maximum absolute atomic E-state index is 11.4. The summed E-state index contributed by atoms with van der Waals surface area (Å²) in [5.74, 6) is 0.896. The molecule has 14 heavy (non-hydrogen) atoms. The first kappa shape index (κ1) is 11.5. The van der Waals surface area contributed by atoms with Gasteiger partial charge in [-0.15, -0.1) is 0 Å². The quantitative estimate of drug-likeness (QED) is 0.699. The molecular weight excluding hydrogens is 176 g/mol. The summed E-state index contributed by atoms with van der Waals surface area (Å²) >= 11 is 0. The molecule has 82 valence electrons. The van der Waals surface area contributed by atoms with Crippen LogP contribution >= 0.6 is 0 Å². The standard InChI is InChI=1S/C11H22N2O/c1-9(10-5-3-4-6-10)13-11(14)7-8-12-2/h9-10,12H,3-8H2,1-2H3,(H,13,14)/t9-/m0/s1. The first-order valence-corrected chi connectivity index (χ1v) is 5.68. The molecule has 1 aliphatic rings. The predicted octanol–water partition coefficient (Wildman–Crippen LogP) is 1.29. The number of hydrogen-bond acceptors (Lipinski definition) is 2. The van der Waals surface area contributed by atoms with Crippen LogP contribution in [0, 0.1) is 5.92 Å². The van der Waals surface area contributed by atoms with E-state index < -0.39 is 0 Å². The molecule has 0 heterocycles. The van der Waals surface area contributed by atoms with Gasteiger partial charge in [0.05, 0.1) is 0 Å². The zero-order valence-electron chi connectivity index (χ0n) is 9.31. The molecular formula is C11H22N2O. The van der Waals surface area contributed by atoms with Gasteiger partial charge in [0.2, 0.25) is 5.91 Å². The lowest BCUT2D eigenvalue weighted by atomic mass is 10.00. The van der Waals surface area contributed by atoms with E-state index in [1.165, 1.54) is 25.7 Å². The lowest BCUT2D eigenvalue weighted by Gasteiger charge is -2.20. The summed E-state index contributed by atoms with van der Waals surface area (Å²) in [6.07, 6.45) is 5.83. The summed E-state index contributed by atoms with van der Waals surface area (Å²) in [5, 5.41) is 6.06. The van der Waals surface area contributed by atoms with Crippen LogP contribution in [-0.2, 0) is 4.79 Å². The first-order chi connectivity index (χ1) is 6.74. The van der Waals surface area contributed by atoms with Gasteiger partial charge >= 0.3 is 0 Å². The van der Waals surface area contributed by atoms with Gasteiger partial charge in [-0.25, -0.2) is 0 Å². The topological polar surface area (TPSA) is 41.1 Å². The van der Waals surface area contributed by atoms with E-state index in [4.69, 9.17) is 0 Å². The van der Waals surface area contributed by atoms with E-state index in [0.29, 0.717) is 18.4 Å². The van der Waals surface area contributed by atoms with Crippen molar-refractivity contribution >= 4 is 5.91 Å². The molecule has 0 saturated heterocycles. The third-order valence-electron chi connectivity index (χ3n) is 3.10. The molecule has 0 unspecified atom stereocenters. The molecule has 3 nitrogen and oxygen atoms in total. The highest BCUT2D eigenvalue weighted by molar-refractivity contribution is 5.76. The van der Waals surface area contributed by atoms with Crippen LogP contribution in [0.25, 0.3) is 0 Å². The molecule has 0 bridgehead atoms. The molecule has 0 radical (unpaired) electrons. The molecule has 0 aromatic rings. The molecule has 1 fully saturated rings. The molecule has 1 aliphatic carbocycles. The van der Waals surface area contributed by atoms with E-state index in [2.05, 4.69) is 17.6 Å². The Morgan fingerprint density at radius 1 is 1.43 bits per heavy atom. The van der Waals surface area contributed by atoms with Crippen molar-refractivity contribution in [1.29, 1.82) is 0 Å². The number of nitrogens with one attached hydrogen (secondary N) is 2. The Labute approximate surface area is 86.6 Å². The van der Waals surface area contributed by atoms with Gasteiger partial charge in [-0.1, -0.05) is 12.8 Å². The number of rotatable bonds is 5. The molecule has 1 saturated carbocycles. The summed E-state index contributed by atoms with van der Waals surface area (Å²) in [7, 11) is 1.87. The molecule has 0 aromatic carbocycles. The van der Waals surface area contributed by atoms with Gasteiger partial charge in [0.1, 0.15) is 0 Å². The molecule has 0 aliphatic heterocycles. The lowest BCUT2D eigenvalue weighted by Crippen LogP contribution is -2.38. The van der Waals surface area contributed by atoms with Crippen LogP contribution in [0.5, 0.6) is 0 Å². The van der Waals surface area contributed by atoms with E-state index in [-0.39, 0.29) is 5.91 Å². The number of hydrogen-bond donors (Lipinski definition) is 2. The Balaban J connectivity index is 2.18. The van der Waals surface area contributed by atoms with E-state index in [0.717, 1.165) is 6.54 Å². The second-order valence-corrected chi connectivity index (χ2v) is 4.25. The SMILES string of the molecule is CNCCC(=O)N[C@@H](C)C1CCCC1. The van der Waals surface area contributed by atoms with Gasteiger partial charge in [-0.2, -0.15) is 0 Å². The Morgan fingerprint density at radius 3 is 2.64 bits per heavy atom. The number of amides is 1. The highest BCUT2D eigenvalue weighted by atomic mass is 16.1. The van der Waals surface area contributed by atoms with Crippen molar-refractivity contribution in [3.63, 3.8) is 0 Å². The largest absolute Gasteiger partial charge is 0.353 e. The molecule has 1 atom stereocenters. The van der Waals surface area contributed by atoms with Gasteiger partial charge < -0.3 is 10.6 Å². The third-order valence-corrected chi connectivity index (χ3v) is 3.10. The highest BCUT2D eigenvalue weighted by Crippen LogP contribution is 2.27. The number of carbonyl (C=O) groups is 1. The summed E-state index contributed by atoms with van der Waals surface area (Å²) in [6, 6.07) is 0.363. The van der Waals surface area contributed by atoms with Gasteiger partial charge in [-0.3, -0.25) is 4.79 Å². The Bertz CT molecular complexity index is 176. The van der Waals surface area contributed by atoms with Crippen molar-refractivity contribution in [1.82, 2.24) is 10.6 Å². The Morgan fingerprint density at radius 2 is 2.07 bits per heavy atom. The van der Waals surface area contributed by atoms with Crippen LogP contribution in [0.1, 0.15) is 39.0 Å². The second kappa shape index (κ2) is 6.02. The monoisotopic (exact) mass is 198 g/mol. The van der Waals surface area contributed by atoms with Crippen LogP contribution in [0.4, 0.5) is 0 Å². The third kappa shape index (κ3) is 3.66. The molecule has 0 spiro atoms. The minimum absolute atomic E-state index is 0.179. The van der Waals surface area contributed by atoms with E-state index in [9.17, 15) is 4.79 Å². The van der Waals surface area contributed by atoms with Crippen molar-refractivity contribution < 1.29 is 4.79 Å². The summed E-state index contributed by atoms with van der Waals surface area (Å²) < 4.78 is 0. The zero-order chi connectivity index (χ0) is 10.4. The van der Waals surface area contributed by atoms with Gasteiger partial charge in [0, 0.05) is 19.0 Å². The minimum Gasteiger partial charge on any atom is -0.353 e. The fourth-order valence-electron chi connectivity index (χ4n) is 2.14. The van der Waals surface area contributed by atoms with Crippen molar-refractivity contribution in [2.24, 2.45) is 5.92 Å². The van der Waals surface area contributed by atoms with E-state index in [1.807, 2.05) is 7.05 Å². The van der Waals surface area contributed by atoms with Crippen LogP contribution < -0.4 is 10.6 Å². The normalized spacial score (nSPS) is 19.6. The Kier molecular flexibility index (Phi) is 4.94. The minimum atomic E-state index is 0.179. The maximum Gasteiger partial charge on any atom is 0.221 e. The van der Waals surface area contributed by atoms with Crippen molar-refractivity contribution in [2.75, 3.05) is 13.6 Å². The van der Waals surface area contributed by atoms with Crippen molar-refractivity contribution in [2.45, 2.75) is 45.1 Å². The summed E-state index contributed by atoms with van der Waals surface area (Å²) in [4.78, 5) is 11.4.